The standard InChI is InChI=1S/C23H21N3O6/c1-30-22(28)18-12-32-14-26(20(18)23(29)31-2)16-8-9-19-17(10-16)21(27)25(13-24-19)11-15-6-4-3-5-7-15/h3-10,13H,11-12,14H2,1-2H3. The maximum absolute atomic E-state index is 13.2. The summed E-state index contributed by atoms with van der Waals surface area (Å²) in [7, 11) is 2.45. The molecule has 4 rings (SSSR count). The van der Waals surface area contributed by atoms with Crippen molar-refractivity contribution in [3.63, 3.8) is 0 Å². The van der Waals surface area contributed by atoms with Crippen LogP contribution < -0.4 is 10.5 Å². The van der Waals surface area contributed by atoms with E-state index in [1.54, 1.807) is 18.2 Å². The first kappa shape index (κ1) is 21.3. The molecule has 2 heterocycles. The van der Waals surface area contributed by atoms with Gasteiger partial charge in [-0.15, -0.1) is 0 Å². The Balaban J connectivity index is 1.80. The third-order valence-corrected chi connectivity index (χ3v) is 5.15. The number of esters is 2. The Hall–Kier alpha value is -3.98. The maximum atomic E-state index is 13.2. The van der Waals surface area contributed by atoms with Crippen molar-refractivity contribution in [3.05, 3.63) is 82.0 Å². The normalized spacial score (nSPS) is 13.9. The van der Waals surface area contributed by atoms with Crippen molar-refractivity contribution in [1.82, 2.24) is 9.55 Å². The molecule has 9 heteroatoms. The second kappa shape index (κ2) is 9.03. The Morgan fingerprint density at radius 1 is 1.06 bits per heavy atom. The van der Waals surface area contributed by atoms with Crippen LogP contribution in [0.3, 0.4) is 0 Å². The lowest BCUT2D eigenvalue weighted by Gasteiger charge is -2.31. The number of carbonyl (C=O) groups is 2. The van der Waals surface area contributed by atoms with Gasteiger partial charge >= 0.3 is 11.9 Å². The van der Waals surface area contributed by atoms with E-state index in [-0.39, 0.29) is 30.2 Å². The van der Waals surface area contributed by atoms with Gasteiger partial charge in [0, 0.05) is 5.69 Å². The average molecular weight is 435 g/mol. The molecule has 0 atom stereocenters. The van der Waals surface area contributed by atoms with Crippen molar-refractivity contribution >= 4 is 28.5 Å². The monoisotopic (exact) mass is 435 g/mol. The van der Waals surface area contributed by atoms with E-state index < -0.39 is 11.9 Å². The van der Waals surface area contributed by atoms with Crippen molar-refractivity contribution in [2.75, 3.05) is 32.5 Å². The second-order valence-electron chi connectivity index (χ2n) is 7.08. The minimum Gasteiger partial charge on any atom is -0.466 e. The topological polar surface area (TPSA) is 100.0 Å². The zero-order chi connectivity index (χ0) is 22.7. The highest BCUT2D eigenvalue weighted by Crippen LogP contribution is 2.28. The number of aromatic nitrogens is 2. The van der Waals surface area contributed by atoms with E-state index in [4.69, 9.17) is 14.2 Å². The molecule has 0 bridgehead atoms. The molecule has 32 heavy (non-hydrogen) atoms. The Morgan fingerprint density at radius 3 is 2.53 bits per heavy atom. The smallest absolute Gasteiger partial charge is 0.355 e. The van der Waals surface area contributed by atoms with Crippen molar-refractivity contribution < 1.29 is 23.8 Å². The molecular formula is C23H21N3O6. The molecule has 0 radical (unpaired) electrons. The van der Waals surface area contributed by atoms with Crippen molar-refractivity contribution in [2.24, 2.45) is 0 Å². The molecule has 9 nitrogen and oxygen atoms in total. The molecule has 1 aliphatic heterocycles. The Morgan fingerprint density at radius 2 is 1.81 bits per heavy atom. The first-order valence-electron chi connectivity index (χ1n) is 9.81. The van der Waals surface area contributed by atoms with Crippen LogP contribution in [-0.2, 0) is 30.3 Å². The highest BCUT2D eigenvalue weighted by Gasteiger charge is 2.32. The zero-order valence-corrected chi connectivity index (χ0v) is 17.6. The Labute approximate surface area is 183 Å². The van der Waals surface area contributed by atoms with E-state index >= 15 is 0 Å². The molecule has 2 aromatic carbocycles. The minimum absolute atomic E-state index is 0.00506. The molecule has 0 saturated heterocycles. The Bertz CT molecular complexity index is 1270. The molecular weight excluding hydrogens is 414 g/mol. The van der Waals surface area contributed by atoms with Crippen LogP contribution >= 0.6 is 0 Å². The third-order valence-electron chi connectivity index (χ3n) is 5.15. The van der Waals surface area contributed by atoms with E-state index in [0.29, 0.717) is 23.1 Å². The van der Waals surface area contributed by atoms with Gasteiger partial charge in [0.05, 0.1) is 50.2 Å². The molecule has 0 fully saturated rings. The quantitative estimate of drug-likeness (QED) is 0.560. The summed E-state index contributed by atoms with van der Waals surface area (Å²) in [6, 6.07) is 14.6. The Kier molecular flexibility index (Phi) is 6.00. The molecule has 164 valence electrons. The van der Waals surface area contributed by atoms with Crippen molar-refractivity contribution in [2.45, 2.75) is 6.54 Å². The lowest BCUT2D eigenvalue weighted by atomic mass is 10.1. The van der Waals surface area contributed by atoms with Gasteiger partial charge in [0.25, 0.3) is 5.56 Å². The van der Waals surface area contributed by atoms with Crippen molar-refractivity contribution in [1.29, 1.82) is 0 Å². The molecule has 0 aliphatic carbocycles. The van der Waals surface area contributed by atoms with Gasteiger partial charge in [-0.25, -0.2) is 14.6 Å². The van der Waals surface area contributed by atoms with Crippen molar-refractivity contribution in [3.8, 4) is 0 Å². The van der Waals surface area contributed by atoms with Gasteiger partial charge in [-0.3, -0.25) is 9.36 Å². The SMILES string of the molecule is COC(=O)C1=C(C(=O)OC)N(c2ccc3ncn(Cc4ccccc4)c(=O)c3c2)COC1. The predicted octanol–water partition coefficient (Wildman–Crippen LogP) is 1.84. The van der Waals surface area contributed by atoms with Crippen LogP contribution in [0.2, 0.25) is 0 Å². The first-order valence-corrected chi connectivity index (χ1v) is 9.81. The predicted molar refractivity (Wildman–Crippen MR) is 116 cm³/mol. The van der Waals surface area contributed by atoms with Crippen LogP contribution in [0.25, 0.3) is 10.9 Å². The van der Waals surface area contributed by atoms with Gasteiger partial charge in [-0.2, -0.15) is 0 Å². The van der Waals surface area contributed by atoms with Gasteiger partial charge in [0.1, 0.15) is 12.4 Å². The van der Waals surface area contributed by atoms with Crippen LogP contribution in [0.1, 0.15) is 5.56 Å². The lowest BCUT2D eigenvalue weighted by Crippen LogP contribution is -2.38. The summed E-state index contributed by atoms with van der Waals surface area (Å²) < 4.78 is 16.7. The van der Waals surface area contributed by atoms with Gasteiger partial charge in [0.2, 0.25) is 0 Å². The van der Waals surface area contributed by atoms with E-state index in [9.17, 15) is 14.4 Å². The number of anilines is 1. The third kappa shape index (κ3) is 3.97. The summed E-state index contributed by atoms with van der Waals surface area (Å²) in [5.74, 6) is -1.40. The maximum Gasteiger partial charge on any atom is 0.355 e. The summed E-state index contributed by atoms with van der Waals surface area (Å²) in [4.78, 5) is 43.7. The average Bonchev–Trinajstić information content (AvgIpc) is 2.84. The van der Waals surface area contributed by atoms with Crippen LogP contribution in [0.5, 0.6) is 0 Å². The molecule has 0 N–H and O–H groups in total. The molecule has 0 saturated carbocycles. The minimum atomic E-state index is -0.707. The van der Waals surface area contributed by atoms with Crippen LogP contribution in [0.15, 0.2) is 70.9 Å². The number of rotatable bonds is 5. The first-order chi connectivity index (χ1) is 15.5. The highest BCUT2D eigenvalue weighted by molar-refractivity contribution is 6.03. The van der Waals surface area contributed by atoms with Crippen LogP contribution in [0.4, 0.5) is 5.69 Å². The van der Waals surface area contributed by atoms with E-state index in [1.807, 2.05) is 30.3 Å². The van der Waals surface area contributed by atoms with Crippen LogP contribution in [-0.4, -0.2) is 49.0 Å². The highest BCUT2D eigenvalue weighted by atomic mass is 16.5. The van der Waals surface area contributed by atoms with E-state index in [1.165, 1.54) is 30.0 Å². The molecule has 1 aromatic heterocycles. The largest absolute Gasteiger partial charge is 0.466 e. The zero-order valence-electron chi connectivity index (χ0n) is 17.6. The number of hydrogen-bond donors (Lipinski definition) is 0. The number of methoxy groups -OCH3 is 2. The van der Waals surface area contributed by atoms with Crippen LogP contribution in [0, 0.1) is 0 Å². The molecule has 0 unspecified atom stereocenters. The van der Waals surface area contributed by atoms with E-state index in [0.717, 1.165) is 5.56 Å². The number of benzene rings is 2. The molecule has 1 aliphatic rings. The number of fused-ring (bicyclic) bond motifs is 1. The number of hydrogen-bond acceptors (Lipinski definition) is 8. The van der Waals surface area contributed by atoms with Gasteiger partial charge in [-0.05, 0) is 23.8 Å². The van der Waals surface area contributed by atoms with Gasteiger partial charge < -0.3 is 19.1 Å². The number of carbonyl (C=O) groups excluding carboxylic acids is 2. The fourth-order valence-electron chi connectivity index (χ4n) is 3.55. The molecule has 0 spiro atoms. The molecule has 0 amide bonds. The van der Waals surface area contributed by atoms with Gasteiger partial charge in [0.15, 0.2) is 0 Å². The fraction of sp³-hybridized carbons (Fsp3) is 0.217. The fourth-order valence-corrected chi connectivity index (χ4v) is 3.55. The summed E-state index contributed by atoms with van der Waals surface area (Å²) in [6.07, 6.45) is 1.51. The van der Waals surface area contributed by atoms with Gasteiger partial charge in [-0.1, -0.05) is 30.3 Å². The molecule has 3 aromatic rings. The lowest BCUT2D eigenvalue weighted by molar-refractivity contribution is -0.140. The summed E-state index contributed by atoms with van der Waals surface area (Å²) in [5.41, 5.74) is 1.79. The number of nitrogens with zero attached hydrogens (tertiary/aromatic N) is 3. The van der Waals surface area contributed by atoms with E-state index in [2.05, 4.69) is 4.98 Å². The summed E-state index contributed by atoms with van der Waals surface area (Å²) >= 11 is 0. The number of ether oxygens (including phenoxy) is 3. The second-order valence-corrected chi connectivity index (χ2v) is 7.08. The summed E-state index contributed by atoms with van der Waals surface area (Å²) in [6.45, 7) is 0.279. The summed E-state index contributed by atoms with van der Waals surface area (Å²) in [5, 5.41) is 0.371.